The van der Waals surface area contributed by atoms with E-state index in [0.29, 0.717) is 5.82 Å². The maximum absolute atomic E-state index is 5.07. The molecular formula is C46H27N3. The highest BCUT2D eigenvalue weighted by Gasteiger charge is 2.24. The maximum atomic E-state index is 5.07. The molecule has 0 aliphatic rings. The topological polar surface area (TPSA) is 30.2 Å². The summed E-state index contributed by atoms with van der Waals surface area (Å²) >= 11 is 0. The number of hydrogen-bond donors (Lipinski definition) is 0. The maximum Gasteiger partial charge on any atom is 0.160 e. The van der Waals surface area contributed by atoms with E-state index in [1.807, 2.05) is 12.1 Å². The van der Waals surface area contributed by atoms with Crippen molar-refractivity contribution in [1.82, 2.24) is 14.4 Å². The quantitative estimate of drug-likeness (QED) is 0.183. The molecule has 0 amide bonds. The molecule has 0 saturated carbocycles. The summed E-state index contributed by atoms with van der Waals surface area (Å²) in [6.45, 7) is 0. The molecule has 0 unspecified atom stereocenters. The Morgan fingerprint density at radius 3 is 1.51 bits per heavy atom. The van der Waals surface area contributed by atoms with Crippen molar-refractivity contribution in [2.24, 2.45) is 0 Å². The Morgan fingerprint density at radius 2 is 0.857 bits per heavy atom. The molecule has 0 N–H and O–H groups in total. The van der Waals surface area contributed by atoms with Gasteiger partial charge in [-0.15, -0.1) is 0 Å². The molecule has 3 heteroatoms. The Bertz CT molecular complexity index is 2960. The van der Waals surface area contributed by atoms with Crippen LogP contribution in [0.1, 0.15) is 0 Å². The molecule has 0 aliphatic carbocycles. The van der Waals surface area contributed by atoms with Gasteiger partial charge < -0.3 is 4.40 Å². The standard InChI is InChI=1S/C46H27N3/c1-3-11-29(12-4-1)39-27-40(30-13-5-2-6-14-30)48-46(47-39)31-21-19-28(20-22-31)32-23-24-36-33-15-7-8-16-34(33)37-25-26-38-35-17-9-10-18-41(35)49-44(32)42(36)43(37)45(38)49/h1-27H. The number of aromatic nitrogens is 3. The third-order valence-corrected chi connectivity index (χ3v) is 10.3. The monoisotopic (exact) mass is 621 g/mol. The highest BCUT2D eigenvalue weighted by molar-refractivity contribution is 6.39. The van der Waals surface area contributed by atoms with Crippen LogP contribution in [0.15, 0.2) is 164 Å². The van der Waals surface area contributed by atoms with E-state index in [1.54, 1.807) is 0 Å². The average Bonchev–Trinajstić information content (AvgIpc) is 3.72. The second-order valence-electron chi connectivity index (χ2n) is 12.9. The summed E-state index contributed by atoms with van der Waals surface area (Å²) in [6, 6.07) is 58.6. The van der Waals surface area contributed by atoms with Crippen molar-refractivity contribution in [3.63, 3.8) is 0 Å². The minimum Gasteiger partial charge on any atom is -0.307 e. The van der Waals surface area contributed by atoms with Crippen LogP contribution in [0.4, 0.5) is 0 Å². The minimum atomic E-state index is 0.716. The molecule has 11 aromatic rings. The second kappa shape index (κ2) is 9.96. The average molecular weight is 622 g/mol. The number of hydrogen-bond acceptors (Lipinski definition) is 2. The predicted octanol–water partition coefficient (Wildman–Crippen LogP) is 12.0. The number of para-hydroxylation sites is 1. The van der Waals surface area contributed by atoms with Gasteiger partial charge in [-0.1, -0.05) is 152 Å². The van der Waals surface area contributed by atoms with Crippen LogP contribution in [0, 0.1) is 0 Å². The lowest BCUT2D eigenvalue weighted by Gasteiger charge is -2.13. The molecule has 0 saturated heterocycles. The number of nitrogens with zero attached hydrogens (tertiary/aromatic N) is 3. The van der Waals surface area contributed by atoms with E-state index < -0.39 is 0 Å². The highest BCUT2D eigenvalue weighted by atomic mass is 14.9. The Hall–Kier alpha value is -6.58. The molecule has 0 aliphatic heterocycles. The van der Waals surface area contributed by atoms with Crippen molar-refractivity contribution in [3.8, 4) is 45.0 Å². The SMILES string of the molecule is c1ccc(-c2cc(-c3ccccc3)nc(-c3ccc(-c4ccc5c6ccccc6c6ccc7c8ccccc8n8c4c5c6c78)cc3)n2)cc1. The number of rotatable bonds is 4. The normalized spacial score (nSPS) is 12.1. The zero-order chi connectivity index (χ0) is 32.1. The molecule has 0 fully saturated rings. The van der Waals surface area contributed by atoms with E-state index in [4.69, 9.17) is 9.97 Å². The Labute approximate surface area is 282 Å². The van der Waals surface area contributed by atoms with Crippen molar-refractivity contribution >= 4 is 59.6 Å². The molecule has 3 aromatic heterocycles. The summed E-state index contributed by atoms with van der Waals surface area (Å²) in [6.07, 6.45) is 0. The first kappa shape index (κ1) is 26.5. The summed E-state index contributed by atoms with van der Waals surface area (Å²) < 4.78 is 2.52. The molecule has 0 atom stereocenters. The van der Waals surface area contributed by atoms with Crippen molar-refractivity contribution < 1.29 is 0 Å². The van der Waals surface area contributed by atoms with E-state index in [0.717, 1.165) is 28.1 Å². The smallest absolute Gasteiger partial charge is 0.160 e. The van der Waals surface area contributed by atoms with Crippen LogP contribution >= 0.6 is 0 Å². The molecule has 226 valence electrons. The van der Waals surface area contributed by atoms with Crippen LogP contribution in [-0.2, 0) is 0 Å². The van der Waals surface area contributed by atoms with Gasteiger partial charge in [0.2, 0.25) is 0 Å². The Morgan fingerprint density at radius 1 is 0.347 bits per heavy atom. The predicted molar refractivity (Wildman–Crippen MR) is 205 cm³/mol. The molecular weight excluding hydrogens is 595 g/mol. The van der Waals surface area contributed by atoms with E-state index in [-0.39, 0.29) is 0 Å². The summed E-state index contributed by atoms with van der Waals surface area (Å²) in [7, 11) is 0. The van der Waals surface area contributed by atoms with Gasteiger partial charge in [0, 0.05) is 43.8 Å². The van der Waals surface area contributed by atoms with Crippen LogP contribution in [-0.4, -0.2) is 14.4 Å². The third kappa shape index (κ3) is 3.73. The summed E-state index contributed by atoms with van der Waals surface area (Å²) in [5.74, 6) is 0.716. The van der Waals surface area contributed by atoms with Crippen molar-refractivity contribution in [2.45, 2.75) is 0 Å². The molecule has 0 spiro atoms. The van der Waals surface area contributed by atoms with Crippen LogP contribution in [0.25, 0.3) is 105 Å². The summed E-state index contributed by atoms with van der Waals surface area (Å²) in [4.78, 5) is 10.1. The van der Waals surface area contributed by atoms with E-state index in [1.165, 1.54) is 70.8 Å². The van der Waals surface area contributed by atoms with Gasteiger partial charge in [-0.3, -0.25) is 0 Å². The van der Waals surface area contributed by atoms with Gasteiger partial charge in [0.1, 0.15) is 0 Å². The van der Waals surface area contributed by atoms with Crippen molar-refractivity contribution in [1.29, 1.82) is 0 Å². The molecule has 3 nitrogen and oxygen atoms in total. The first-order chi connectivity index (χ1) is 24.3. The highest BCUT2D eigenvalue weighted by Crippen LogP contribution is 2.49. The molecule has 11 rings (SSSR count). The first-order valence-electron chi connectivity index (χ1n) is 16.8. The fourth-order valence-corrected chi connectivity index (χ4v) is 8.14. The number of fused-ring (bicyclic) bond motifs is 7. The fraction of sp³-hybridized carbons (Fsp3) is 0. The van der Waals surface area contributed by atoms with Crippen LogP contribution in [0.5, 0.6) is 0 Å². The molecule has 3 heterocycles. The molecule has 49 heavy (non-hydrogen) atoms. The summed E-state index contributed by atoms with van der Waals surface area (Å²) in [5.41, 5.74) is 11.2. The zero-order valence-corrected chi connectivity index (χ0v) is 26.4. The third-order valence-electron chi connectivity index (χ3n) is 10.3. The van der Waals surface area contributed by atoms with Crippen LogP contribution < -0.4 is 0 Å². The van der Waals surface area contributed by atoms with Crippen LogP contribution in [0.2, 0.25) is 0 Å². The molecule has 0 bridgehead atoms. The first-order valence-corrected chi connectivity index (χ1v) is 16.8. The van der Waals surface area contributed by atoms with Gasteiger partial charge in [-0.05, 0) is 39.2 Å². The van der Waals surface area contributed by atoms with E-state index in [2.05, 4.69) is 156 Å². The molecule has 0 radical (unpaired) electrons. The lowest BCUT2D eigenvalue weighted by molar-refractivity contribution is 1.18. The van der Waals surface area contributed by atoms with Crippen LogP contribution in [0.3, 0.4) is 0 Å². The second-order valence-corrected chi connectivity index (χ2v) is 12.9. The van der Waals surface area contributed by atoms with Gasteiger partial charge in [0.05, 0.1) is 27.9 Å². The van der Waals surface area contributed by atoms with Gasteiger partial charge in [-0.2, -0.15) is 0 Å². The largest absolute Gasteiger partial charge is 0.307 e. The Kier molecular flexibility index (Phi) is 5.38. The molecule has 8 aromatic carbocycles. The fourth-order valence-electron chi connectivity index (χ4n) is 8.14. The lowest BCUT2D eigenvalue weighted by Crippen LogP contribution is -1.96. The summed E-state index contributed by atoms with van der Waals surface area (Å²) in [5, 5.41) is 10.5. The lowest BCUT2D eigenvalue weighted by atomic mass is 9.91. The zero-order valence-electron chi connectivity index (χ0n) is 26.4. The number of benzene rings is 8. The van der Waals surface area contributed by atoms with E-state index in [9.17, 15) is 0 Å². The minimum absolute atomic E-state index is 0.716. The van der Waals surface area contributed by atoms with Gasteiger partial charge in [0.25, 0.3) is 0 Å². The van der Waals surface area contributed by atoms with E-state index >= 15 is 0 Å². The van der Waals surface area contributed by atoms with Crippen molar-refractivity contribution in [3.05, 3.63) is 164 Å². The van der Waals surface area contributed by atoms with Crippen molar-refractivity contribution in [2.75, 3.05) is 0 Å². The Balaban J connectivity index is 1.15. The van der Waals surface area contributed by atoms with Gasteiger partial charge in [-0.25, -0.2) is 9.97 Å². The van der Waals surface area contributed by atoms with Gasteiger partial charge >= 0.3 is 0 Å². The van der Waals surface area contributed by atoms with Gasteiger partial charge in [0.15, 0.2) is 5.82 Å².